The lowest BCUT2D eigenvalue weighted by Gasteiger charge is -2.17. The van der Waals surface area contributed by atoms with Gasteiger partial charge in [0, 0.05) is 15.2 Å². The summed E-state index contributed by atoms with van der Waals surface area (Å²) in [5.74, 6) is 0. The van der Waals surface area contributed by atoms with Crippen molar-refractivity contribution in [2.75, 3.05) is 0 Å². The van der Waals surface area contributed by atoms with Gasteiger partial charge in [-0.2, -0.15) is 0 Å². The first-order valence-corrected chi connectivity index (χ1v) is 10.3. The van der Waals surface area contributed by atoms with Crippen molar-refractivity contribution in [3.8, 4) is 22.3 Å². The zero-order valence-electron chi connectivity index (χ0n) is 15.4. The lowest BCUT2D eigenvalue weighted by Crippen LogP contribution is -1.93. The van der Waals surface area contributed by atoms with Gasteiger partial charge in [-0.3, -0.25) is 0 Å². The third-order valence-electron chi connectivity index (χ3n) is 5.62. The largest absolute Gasteiger partial charge is 0.236 e. The minimum absolute atomic E-state index is 0.986. The number of nitrogens with zero attached hydrogens (tertiary/aromatic N) is 2. The van der Waals surface area contributed by atoms with Crippen molar-refractivity contribution < 1.29 is 0 Å². The molecule has 6 aromatic rings. The Morgan fingerprint density at radius 2 is 1.14 bits per heavy atom. The van der Waals surface area contributed by atoms with Crippen molar-refractivity contribution in [1.82, 2.24) is 9.97 Å². The Hall–Kier alpha value is -3.30. The first kappa shape index (κ1) is 16.6. The third kappa shape index (κ3) is 2.55. The Labute approximate surface area is 176 Å². The van der Waals surface area contributed by atoms with Crippen molar-refractivity contribution in [2.24, 2.45) is 0 Å². The minimum Gasteiger partial charge on any atom is -0.236 e. The maximum absolute atomic E-state index is 4.53. The van der Waals surface area contributed by atoms with E-state index in [1.165, 1.54) is 38.4 Å². The second-order valence-electron chi connectivity index (χ2n) is 7.23. The van der Waals surface area contributed by atoms with Crippen LogP contribution in [0.1, 0.15) is 0 Å². The molecule has 0 saturated heterocycles. The lowest BCUT2D eigenvalue weighted by atomic mass is 9.87. The van der Waals surface area contributed by atoms with Crippen LogP contribution >= 0.6 is 15.9 Å². The van der Waals surface area contributed by atoms with E-state index < -0.39 is 0 Å². The van der Waals surface area contributed by atoms with Gasteiger partial charge in [-0.25, -0.2) is 9.97 Å². The van der Waals surface area contributed by atoms with Gasteiger partial charge in [-0.1, -0.05) is 70.5 Å². The SMILES string of the molecule is Brc1ccc(-c2cc(-c3ccccc3)c3ccc4ncnc5ccc2c3c45)cc1. The molecular weight excluding hydrogens is 420 g/mol. The van der Waals surface area contributed by atoms with Crippen molar-refractivity contribution in [3.05, 3.63) is 95.7 Å². The molecule has 0 unspecified atom stereocenters. The van der Waals surface area contributed by atoms with Gasteiger partial charge in [0.2, 0.25) is 0 Å². The molecule has 6 rings (SSSR count). The molecule has 0 saturated carbocycles. The van der Waals surface area contributed by atoms with Crippen molar-refractivity contribution in [2.45, 2.75) is 0 Å². The second-order valence-corrected chi connectivity index (χ2v) is 8.15. The van der Waals surface area contributed by atoms with Gasteiger partial charge in [0.1, 0.15) is 6.33 Å². The molecule has 2 nitrogen and oxygen atoms in total. The van der Waals surface area contributed by atoms with Crippen LogP contribution in [0.25, 0.3) is 54.8 Å². The van der Waals surface area contributed by atoms with E-state index >= 15 is 0 Å². The van der Waals surface area contributed by atoms with E-state index in [1.807, 2.05) is 0 Å². The molecule has 1 heterocycles. The molecule has 29 heavy (non-hydrogen) atoms. The van der Waals surface area contributed by atoms with E-state index in [2.05, 4.69) is 111 Å². The monoisotopic (exact) mass is 434 g/mol. The molecule has 5 aromatic carbocycles. The first-order chi connectivity index (χ1) is 14.3. The number of hydrogen-bond donors (Lipinski definition) is 0. The molecule has 0 fully saturated rings. The van der Waals surface area contributed by atoms with Crippen LogP contribution in [-0.2, 0) is 0 Å². The number of benzene rings is 5. The van der Waals surface area contributed by atoms with Crippen LogP contribution in [0.4, 0.5) is 0 Å². The summed E-state index contributed by atoms with van der Waals surface area (Å²) in [4.78, 5) is 9.06. The molecule has 0 spiro atoms. The van der Waals surface area contributed by atoms with Crippen molar-refractivity contribution in [3.63, 3.8) is 0 Å². The van der Waals surface area contributed by atoms with Gasteiger partial charge >= 0.3 is 0 Å². The first-order valence-electron chi connectivity index (χ1n) is 9.53. The van der Waals surface area contributed by atoms with Gasteiger partial charge in [-0.15, -0.1) is 0 Å². The average Bonchev–Trinajstić information content (AvgIpc) is 2.78. The third-order valence-corrected chi connectivity index (χ3v) is 6.15. The van der Waals surface area contributed by atoms with E-state index in [9.17, 15) is 0 Å². The highest BCUT2D eigenvalue weighted by atomic mass is 79.9. The molecule has 1 aromatic heterocycles. The molecule has 0 amide bonds. The van der Waals surface area contributed by atoms with Gasteiger partial charge in [-0.05, 0) is 63.4 Å². The predicted octanol–water partition coefficient (Wildman–Crippen LogP) is 7.47. The van der Waals surface area contributed by atoms with E-state index in [0.717, 1.165) is 20.9 Å². The summed E-state index contributed by atoms with van der Waals surface area (Å²) in [7, 11) is 0. The van der Waals surface area contributed by atoms with Crippen molar-refractivity contribution in [1.29, 1.82) is 0 Å². The minimum atomic E-state index is 0.986. The Morgan fingerprint density at radius 1 is 0.552 bits per heavy atom. The Bertz CT molecular complexity index is 1470. The molecule has 0 radical (unpaired) electrons. The quantitative estimate of drug-likeness (QED) is 0.264. The Morgan fingerprint density at radius 3 is 1.76 bits per heavy atom. The highest BCUT2D eigenvalue weighted by Crippen LogP contribution is 2.43. The molecule has 3 heteroatoms. The Balaban J connectivity index is 1.83. The summed E-state index contributed by atoms with van der Waals surface area (Å²) in [6, 6.07) is 30.1. The fourth-order valence-electron chi connectivity index (χ4n) is 4.30. The van der Waals surface area contributed by atoms with E-state index in [1.54, 1.807) is 6.33 Å². The van der Waals surface area contributed by atoms with E-state index in [0.29, 0.717) is 0 Å². The molecule has 0 aliphatic rings. The zero-order valence-corrected chi connectivity index (χ0v) is 17.0. The van der Waals surface area contributed by atoms with Crippen LogP contribution in [0.3, 0.4) is 0 Å². The van der Waals surface area contributed by atoms with Crippen LogP contribution in [-0.4, -0.2) is 9.97 Å². The highest BCUT2D eigenvalue weighted by Gasteiger charge is 2.17. The lowest BCUT2D eigenvalue weighted by molar-refractivity contribution is 1.26. The van der Waals surface area contributed by atoms with E-state index in [4.69, 9.17) is 0 Å². The topological polar surface area (TPSA) is 25.8 Å². The van der Waals surface area contributed by atoms with Crippen LogP contribution in [0.5, 0.6) is 0 Å². The summed E-state index contributed by atoms with van der Waals surface area (Å²) in [6.45, 7) is 0. The maximum Gasteiger partial charge on any atom is 0.116 e. The summed E-state index contributed by atoms with van der Waals surface area (Å²) in [5.41, 5.74) is 6.84. The van der Waals surface area contributed by atoms with Crippen molar-refractivity contribution >= 4 is 48.5 Å². The maximum atomic E-state index is 4.53. The highest BCUT2D eigenvalue weighted by molar-refractivity contribution is 9.10. The molecule has 0 N–H and O–H groups in total. The van der Waals surface area contributed by atoms with Crippen LogP contribution in [0.15, 0.2) is 95.7 Å². The summed E-state index contributed by atoms with van der Waals surface area (Å²) in [6.07, 6.45) is 1.65. The predicted molar refractivity (Wildman–Crippen MR) is 124 cm³/mol. The summed E-state index contributed by atoms with van der Waals surface area (Å²) in [5, 5.41) is 4.84. The van der Waals surface area contributed by atoms with Gasteiger partial charge in [0.05, 0.1) is 11.0 Å². The van der Waals surface area contributed by atoms with Crippen LogP contribution < -0.4 is 0 Å². The standard InChI is InChI=1S/C26H15BrN2/c27-18-8-6-17(7-9-18)22-14-21(16-4-2-1-3-5-16)19-10-12-23-26-24(29-15-28-23)13-11-20(22)25(19)26/h1-15H. The van der Waals surface area contributed by atoms with Crippen LogP contribution in [0.2, 0.25) is 0 Å². The summed E-state index contributed by atoms with van der Waals surface area (Å²) >= 11 is 3.56. The average molecular weight is 435 g/mol. The molecule has 0 atom stereocenters. The smallest absolute Gasteiger partial charge is 0.116 e. The number of rotatable bonds is 2. The number of halogens is 1. The fourth-order valence-corrected chi connectivity index (χ4v) is 4.57. The summed E-state index contributed by atoms with van der Waals surface area (Å²) < 4.78 is 1.08. The van der Waals surface area contributed by atoms with Crippen LogP contribution in [0, 0.1) is 0 Å². The molecule has 136 valence electrons. The second kappa shape index (κ2) is 6.36. The zero-order chi connectivity index (χ0) is 19.4. The normalized spacial score (nSPS) is 11.6. The fraction of sp³-hybridized carbons (Fsp3) is 0. The van der Waals surface area contributed by atoms with E-state index in [-0.39, 0.29) is 0 Å². The number of aromatic nitrogens is 2. The van der Waals surface area contributed by atoms with Gasteiger partial charge in [0.25, 0.3) is 0 Å². The van der Waals surface area contributed by atoms with Gasteiger partial charge < -0.3 is 0 Å². The molecule has 0 aliphatic carbocycles. The number of hydrogen-bond acceptors (Lipinski definition) is 2. The molecule has 0 aliphatic heterocycles. The van der Waals surface area contributed by atoms with Gasteiger partial charge in [0.15, 0.2) is 0 Å². The molecule has 0 bridgehead atoms. The molecular formula is C26H15BrN2. The Kier molecular flexibility index (Phi) is 3.65.